The summed E-state index contributed by atoms with van der Waals surface area (Å²) in [6.07, 6.45) is 4.07. The molecule has 0 aliphatic heterocycles. The predicted octanol–water partition coefficient (Wildman–Crippen LogP) is 5.56. The monoisotopic (exact) mass is 408 g/mol. The number of amides is 1. The zero-order chi connectivity index (χ0) is 21.0. The molecule has 0 spiro atoms. The lowest BCUT2D eigenvalue weighted by Gasteiger charge is -2.10. The van der Waals surface area contributed by atoms with Gasteiger partial charge in [-0.2, -0.15) is 0 Å². The highest BCUT2D eigenvalue weighted by Crippen LogP contribution is 2.27. The maximum absolute atomic E-state index is 12.5. The van der Waals surface area contributed by atoms with E-state index in [-0.39, 0.29) is 0 Å². The fourth-order valence-corrected chi connectivity index (χ4v) is 3.33. The number of nitrogens with one attached hydrogen (secondary N) is 1. The van der Waals surface area contributed by atoms with Crippen molar-refractivity contribution in [1.82, 2.24) is 15.2 Å². The Balaban J connectivity index is 1.36. The van der Waals surface area contributed by atoms with Gasteiger partial charge in [-0.05, 0) is 35.2 Å². The number of hydrogen-bond donors (Lipinski definition) is 1. The fourth-order valence-electron chi connectivity index (χ4n) is 3.33. The molecule has 0 bridgehead atoms. The minimum Gasteiger partial charge on any atom is -0.423 e. The third-order valence-corrected chi connectivity index (χ3v) is 4.75. The molecule has 0 unspecified atom stereocenters. The van der Waals surface area contributed by atoms with E-state index < -0.39 is 6.09 Å². The summed E-state index contributed by atoms with van der Waals surface area (Å²) in [6.45, 7) is 0. The van der Waals surface area contributed by atoms with Crippen LogP contribution in [0.2, 0.25) is 0 Å². The van der Waals surface area contributed by atoms with Gasteiger partial charge in [-0.1, -0.05) is 48.5 Å². The van der Waals surface area contributed by atoms with Gasteiger partial charge in [0.05, 0.1) is 11.3 Å². The van der Waals surface area contributed by atoms with Crippen LogP contribution in [0.3, 0.4) is 0 Å². The van der Waals surface area contributed by atoms with Gasteiger partial charge in [0.15, 0.2) is 0 Å². The maximum Gasteiger partial charge on any atom is 0.417 e. The van der Waals surface area contributed by atoms with Crippen molar-refractivity contribution in [3.05, 3.63) is 91.6 Å². The van der Waals surface area contributed by atoms with E-state index in [1.54, 1.807) is 24.5 Å². The molecule has 7 heteroatoms. The summed E-state index contributed by atoms with van der Waals surface area (Å²) < 4.78 is 10.8. The smallest absolute Gasteiger partial charge is 0.417 e. The van der Waals surface area contributed by atoms with Crippen LogP contribution >= 0.6 is 0 Å². The third kappa shape index (κ3) is 3.97. The average Bonchev–Trinajstić information content (AvgIpc) is 3.35. The van der Waals surface area contributed by atoms with Crippen LogP contribution in [0.5, 0.6) is 5.75 Å². The highest BCUT2D eigenvalue weighted by Gasteiger charge is 2.10. The second kappa shape index (κ2) is 8.08. The summed E-state index contributed by atoms with van der Waals surface area (Å²) in [7, 11) is 0. The van der Waals surface area contributed by atoms with Crippen LogP contribution < -0.4 is 10.1 Å². The minimum absolute atomic E-state index is 0.385. The molecular weight excluding hydrogens is 392 g/mol. The van der Waals surface area contributed by atoms with E-state index in [9.17, 15) is 4.79 Å². The van der Waals surface area contributed by atoms with Gasteiger partial charge in [-0.25, -0.2) is 4.79 Å². The molecule has 150 valence electrons. The number of anilines is 1. The largest absolute Gasteiger partial charge is 0.423 e. The second-order valence-electron chi connectivity index (χ2n) is 6.78. The van der Waals surface area contributed by atoms with Gasteiger partial charge >= 0.3 is 6.09 Å². The Hall–Kier alpha value is -4.52. The normalized spacial score (nSPS) is 10.7. The van der Waals surface area contributed by atoms with Gasteiger partial charge < -0.3 is 9.15 Å². The summed E-state index contributed by atoms with van der Waals surface area (Å²) in [5.74, 6) is 0.801. The molecule has 31 heavy (non-hydrogen) atoms. The standard InChI is InChI=1S/C24H16N4O3/c29-24(27-22-10-4-6-16-5-1-2-9-21(16)22)31-20-8-3-7-17(12-20)18-11-19(14-25-13-18)23-28-26-15-30-23/h1-15H,(H,27,29). The molecule has 0 radical (unpaired) electrons. The molecule has 1 N–H and O–H groups in total. The zero-order valence-electron chi connectivity index (χ0n) is 16.2. The molecule has 3 aromatic carbocycles. The van der Waals surface area contributed by atoms with E-state index in [1.165, 1.54) is 6.39 Å². The molecule has 2 heterocycles. The number of rotatable bonds is 4. The van der Waals surface area contributed by atoms with Crippen molar-refractivity contribution < 1.29 is 13.9 Å². The molecule has 0 aliphatic rings. The Bertz CT molecular complexity index is 1360. The quantitative estimate of drug-likeness (QED) is 0.418. The Morgan fingerprint density at radius 2 is 1.71 bits per heavy atom. The lowest BCUT2D eigenvalue weighted by molar-refractivity contribution is 0.215. The number of nitrogens with zero attached hydrogens (tertiary/aromatic N) is 3. The van der Waals surface area contributed by atoms with Gasteiger partial charge in [0, 0.05) is 23.3 Å². The van der Waals surface area contributed by atoms with Crippen molar-refractivity contribution in [2.75, 3.05) is 5.32 Å². The van der Waals surface area contributed by atoms with Crippen LogP contribution in [0.25, 0.3) is 33.4 Å². The molecule has 2 aromatic heterocycles. The first-order valence-corrected chi connectivity index (χ1v) is 9.55. The van der Waals surface area contributed by atoms with E-state index in [1.807, 2.05) is 60.7 Å². The van der Waals surface area contributed by atoms with Crippen LogP contribution in [-0.2, 0) is 0 Å². The van der Waals surface area contributed by atoms with Crippen molar-refractivity contribution in [2.24, 2.45) is 0 Å². The Morgan fingerprint density at radius 3 is 2.61 bits per heavy atom. The van der Waals surface area contributed by atoms with Crippen molar-refractivity contribution in [1.29, 1.82) is 0 Å². The summed E-state index contributed by atoms with van der Waals surface area (Å²) in [6, 6.07) is 22.7. The van der Waals surface area contributed by atoms with Crippen molar-refractivity contribution in [3.8, 4) is 28.3 Å². The highest BCUT2D eigenvalue weighted by atomic mass is 16.6. The molecule has 5 rings (SSSR count). The summed E-state index contributed by atoms with van der Waals surface area (Å²) in [4.78, 5) is 16.8. The van der Waals surface area contributed by atoms with E-state index in [2.05, 4.69) is 20.5 Å². The molecule has 0 saturated carbocycles. The summed E-state index contributed by atoms with van der Waals surface area (Å²) in [5, 5.41) is 12.4. The molecule has 0 aliphatic carbocycles. The summed E-state index contributed by atoms with van der Waals surface area (Å²) in [5.41, 5.74) is 3.06. The lowest BCUT2D eigenvalue weighted by atomic mass is 10.1. The number of hydrogen-bond acceptors (Lipinski definition) is 6. The maximum atomic E-state index is 12.5. The highest BCUT2D eigenvalue weighted by molar-refractivity contribution is 6.00. The van der Waals surface area contributed by atoms with Gasteiger partial charge in [-0.15, -0.1) is 10.2 Å². The lowest BCUT2D eigenvalue weighted by Crippen LogP contribution is -2.16. The number of fused-ring (bicyclic) bond motifs is 1. The molecule has 0 saturated heterocycles. The Morgan fingerprint density at radius 1 is 0.871 bits per heavy atom. The van der Waals surface area contributed by atoms with Gasteiger partial charge in [0.25, 0.3) is 0 Å². The first-order valence-electron chi connectivity index (χ1n) is 9.55. The predicted molar refractivity (Wildman–Crippen MR) is 117 cm³/mol. The minimum atomic E-state index is -0.564. The van der Waals surface area contributed by atoms with Crippen LogP contribution in [0.4, 0.5) is 10.5 Å². The Labute approximate surface area is 177 Å². The number of carbonyl (C=O) groups excluding carboxylic acids is 1. The van der Waals surface area contributed by atoms with E-state index >= 15 is 0 Å². The van der Waals surface area contributed by atoms with Crippen molar-refractivity contribution in [2.45, 2.75) is 0 Å². The second-order valence-corrected chi connectivity index (χ2v) is 6.78. The number of aromatic nitrogens is 3. The first kappa shape index (κ1) is 18.5. The number of benzene rings is 3. The number of ether oxygens (including phenoxy) is 1. The van der Waals surface area contributed by atoms with Crippen LogP contribution in [-0.4, -0.2) is 21.3 Å². The summed E-state index contributed by atoms with van der Waals surface area (Å²) >= 11 is 0. The molecule has 5 aromatic rings. The third-order valence-electron chi connectivity index (χ3n) is 4.75. The van der Waals surface area contributed by atoms with Gasteiger partial charge in [-0.3, -0.25) is 10.3 Å². The van der Waals surface area contributed by atoms with Crippen LogP contribution in [0.15, 0.2) is 96.0 Å². The van der Waals surface area contributed by atoms with Crippen molar-refractivity contribution >= 4 is 22.6 Å². The zero-order valence-corrected chi connectivity index (χ0v) is 16.2. The van der Waals surface area contributed by atoms with E-state index in [0.717, 1.165) is 21.9 Å². The van der Waals surface area contributed by atoms with Gasteiger partial charge in [0.1, 0.15) is 5.75 Å². The Kier molecular flexibility index (Phi) is 4.82. The molecule has 0 atom stereocenters. The first-order chi connectivity index (χ1) is 15.3. The topological polar surface area (TPSA) is 90.1 Å². The number of pyridine rings is 1. The van der Waals surface area contributed by atoms with Crippen molar-refractivity contribution in [3.63, 3.8) is 0 Å². The average molecular weight is 408 g/mol. The fraction of sp³-hybridized carbons (Fsp3) is 0. The van der Waals surface area contributed by atoms with E-state index in [0.29, 0.717) is 22.9 Å². The van der Waals surface area contributed by atoms with Crippen LogP contribution in [0, 0.1) is 0 Å². The van der Waals surface area contributed by atoms with Gasteiger partial charge in [0.2, 0.25) is 12.3 Å². The van der Waals surface area contributed by atoms with Crippen LogP contribution in [0.1, 0.15) is 0 Å². The molecule has 1 amide bonds. The van der Waals surface area contributed by atoms with E-state index in [4.69, 9.17) is 9.15 Å². The molecular formula is C24H16N4O3. The molecule has 7 nitrogen and oxygen atoms in total. The number of carbonyl (C=O) groups is 1. The SMILES string of the molecule is O=C(Nc1cccc2ccccc12)Oc1cccc(-c2cncc(-c3nnco3)c2)c1. The molecule has 0 fully saturated rings.